The minimum atomic E-state index is -0.563. The molecule has 30 heavy (non-hydrogen) atoms. The van der Waals surface area contributed by atoms with Crippen LogP contribution >= 0.6 is 11.3 Å². The Morgan fingerprint density at radius 1 is 1.33 bits per heavy atom. The van der Waals surface area contributed by atoms with Crippen molar-refractivity contribution in [2.24, 2.45) is 12.8 Å². The van der Waals surface area contributed by atoms with Crippen LogP contribution in [0.5, 0.6) is 0 Å². The number of nitrogens with zero attached hydrogens (tertiary/aromatic N) is 5. The van der Waals surface area contributed by atoms with Crippen LogP contribution in [0.25, 0.3) is 21.3 Å². The number of thiazole rings is 1. The molecule has 0 aliphatic rings. The van der Waals surface area contributed by atoms with Gasteiger partial charge in [-0.3, -0.25) is 14.7 Å². The smallest absolute Gasteiger partial charge is 0.313 e. The third-order valence-corrected chi connectivity index (χ3v) is 5.99. The fraction of sp³-hybridized carbons (Fsp3) is 0.158. The zero-order valence-electron chi connectivity index (χ0n) is 15.9. The lowest BCUT2D eigenvalue weighted by Crippen LogP contribution is -2.30. The molecule has 5 aromatic heterocycles. The van der Waals surface area contributed by atoms with Crippen LogP contribution in [-0.2, 0) is 20.0 Å². The van der Waals surface area contributed by atoms with Gasteiger partial charge in [0.25, 0.3) is 11.3 Å². The molecule has 0 radical (unpaired) electrons. The van der Waals surface area contributed by atoms with Crippen LogP contribution in [0.2, 0.25) is 0 Å². The van der Waals surface area contributed by atoms with Crippen LogP contribution in [0.3, 0.4) is 0 Å². The van der Waals surface area contributed by atoms with Crippen LogP contribution in [0.1, 0.15) is 26.9 Å². The highest BCUT2D eigenvalue weighted by atomic mass is 32.1. The number of fused-ring (bicyclic) bond motifs is 3. The van der Waals surface area contributed by atoms with E-state index in [-0.39, 0.29) is 17.8 Å². The first-order valence-corrected chi connectivity index (χ1v) is 9.96. The molecule has 0 saturated heterocycles. The first-order valence-electron chi connectivity index (χ1n) is 9.14. The number of aromatic amines is 2. The molecule has 0 aliphatic heterocycles. The monoisotopic (exact) mass is 421 g/mol. The number of nitrogens with two attached hydrogens (primary N) is 1. The molecule has 0 aliphatic carbocycles. The predicted molar refractivity (Wildman–Crippen MR) is 110 cm³/mol. The van der Waals surface area contributed by atoms with Crippen molar-refractivity contribution in [3.05, 3.63) is 69.1 Å². The maximum Gasteiger partial charge on any atom is 0.313 e. The number of hydrogen-bond donors (Lipinski definition) is 2. The molecule has 0 atom stereocenters. The Morgan fingerprint density at radius 2 is 2.20 bits per heavy atom. The molecule has 5 heterocycles. The lowest BCUT2D eigenvalue weighted by atomic mass is 10.3. The van der Waals surface area contributed by atoms with Crippen molar-refractivity contribution >= 4 is 38.5 Å². The summed E-state index contributed by atoms with van der Waals surface area (Å²) >= 11 is 1.54. The van der Waals surface area contributed by atoms with Gasteiger partial charge >= 0.3 is 5.91 Å². The summed E-state index contributed by atoms with van der Waals surface area (Å²) in [5, 5.41) is 13.0. The van der Waals surface area contributed by atoms with E-state index in [0.717, 1.165) is 26.4 Å². The van der Waals surface area contributed by atoms with E-state index in [1.807, 2.05) is 17.7 Å². The van der Waals surface area contributed by atoms with Gasteiger partial charge in [0.15, 0.2) is 5.65 Å². The van der Waals surface area contributed by atoms with E-state index in [0.29, 0.717) is 17.6 Å². The summed E-state index contributed by atoms with van der Waals surface area (Å²) in [4.78, 5) is 32.1. The number of pyridine rings is 1. The first kappa shape index (κ1) is 18.2. The third kappa shape index (κ3) is 2.95. The largest absolute Gasteiger partial charge is 0.360 e. The number of aromatic nitrogens is 7. The van der Waals surface area contributed by atoms with Gasteiger partial charge in [0.2, 0.25) is 5.69 Å². The molecule has 0 bridgehead atoms. The summed E-state index contributed by atoms with van der Waals surface area (Å²) in [7, 11) is 1.83. The van der Waals surface area contributed by atoms with Gasteiger partial charge in [0, 0.05) is 42.9 Å². The van der Waals surface area contributed by atoms with Crippen LogP contribution in [-0.4, -0.2) is 35.4 Å². The van der Waals surface area contributed by atoms with Gasteiger partial charge in [-0.1, -0.05) is 0 Å². The fourth-order valence-corrected chi connectivity index (χ4v) is 4.61. The summed E-state index contributed by atoms with van der Waals surface area (Å²) < 4.78 is 4.09. The summed E-state index contributed by atoms with van der Waals surface area (Å²) in [5.74, 6) is -0.563. The molecule has 1 amide bonds. The highest BCUT2D eigenvalue weighted by Gasteiger charge is 2.19. The summed E-state index contributed by atoms with van der Waals surface area (Å²) in [5.41, 5.74) is 8.28. The van der Waals surface area contributed by atoms with E-state index < -0.39 is 5.91 Å². The van der Waals surface area contributed by atoms with Crippen LogP contribution in [0.15, 0.2) is 41.5 Å². The van der Waals surface area contributed by atoms with E-state index >= 15 is 0 Å². The first-order chi connectivity index (χ1) is 14.5. The zero-order chi connectivity index (χ0) is 20.8. The molecule has 0 fully saturated rings. The predicted octanol–water partition coefficient (Wildman–Crippen LogP) is 0.620. The third-order valence-electron chi connectivity index (χ3n) is 4.91. The standard InChI is InChI=1S/C19H16N8O2S/c1-26-15-12(16-18(26)24-14(30-16)7-10-5-6-21-25-10)8-22-27(19(15)29)9-11-3-2-4-13(23-11)17(20)28/h2-6,8H,7,9H2,1H3,(H2,20,28)(H,21,25)/p+1. The van der Waals surface area contributed by atoms with E-state index in [9.17, 15) is 9.59 Å². The number of carbonyl (C=O) groups excluding carboxylic acids is 1. The van der Waals surface area contributed by atoms with Gasteiger partial charge in [-0.25, -0.2) is 14.6 Å². The topological polar surface area (TPSA) is 139 Å². The molecule has 150 valence electrons. The molecule has 4 N–H and O–H groups in total. The van der Waals surface area contributed by atoms with Gasteiger partial charge < -0.3 is 10.3 Å². The molecule has 10 nitrogen and oxygen atoms in total. The minimum Gasteiger partial charge on any atom is -0.360 e. The number of hydrogen-bond acceptors (Lipinski definition) is 6. The number of H-pyrrole nitrogens is 2. The molecule has 5 rings (SSSR count). The summed E-state index contributed by atoms with van der Waals surface area (Å²) in [6.07, 6.45) is 4.05. The second-order valence-electron chi connectivity index (χ2n) is 6.90. The van der Waals surface area contributed by atoms with E-state index in [4.69, 9.17) is 10.7 Å². The average Bonchev–Trinajstić information content (AvgIpc) is 3.44. The van der Waals surface area contributed by atoms with Crippen molar-refractivity contribution in [1.82, 2.24) is 29.5 Å². The molecule has 0 spiro atoms. The van der Waals surface area contributed by atoms with Gasteiger partial charge in [-0.05, 0) is 12.1 Å². The van der Waals surface area contributed by atoms with E-state index in [1.54, 1.807) is 41.9 Å². The molecule has 0 unspecified atom stereocenters. The molecule has 0 saturated carbocycles. The van der Waals surface area contributed by atoms with E-state index in [2.05, 4.69) is 20.3 Å². The molecular weight excluding hydrogens is 404 g/mol. The van der Waals surface area contributed by atoms with Crippen molar-refractivity contribution in [3.8, 4) is 0 Å². The van der Waals surface area contributed by atoms with Crippen molar-refractivity contribution < 1.29 is 9.78 Å². The van der Waals surface area contributed by atoms with E-state index in [1.165, 1.54) is 4.68 Å². The van der Waals surface area contributed by atoms with Crippen molar-refractivity contribution in [1.29, 1.82) is 0 Å². The number of aryl methyl sites for hydroxylation is 1. The Labute approximate surface area is 173 Å². The zero-order valence-corrected chi connectivity index (χ0v) is 16.7. The normalized spacial score (nSPS) is 11.5. The van der Waals surface area contributed by atoms with Crippen LogP contribution in [0, 0.1) is 0 Å². The quantitative estimate of drug-likeness (QED) is 0.428. The highest BCUT2D eigenvalue weighted by Crippen LogP contribution is 2.31. The Kier molecular flexibility index (Phi) is 4.17. The molecule has 0 aromatic carbocycles. The maximum absolute atomic E-state index is 13.1. The Hall–Kier alpha value is -3.86. The van der Waals surface area contributed by atoms with Crippen molar-refractivity contribution in [3.63, 3.8) is 0 Å². The van der Waals surface area contributed by atoms with Gasteiger partial charge in [0.1, 0.15) is 17.1 Å². The summed E-state index contributed by atoms with van der Waals surface area (Å²) in [6, 6.07) is 6.98. The van der Waals surface area contributed by atoms with Gasteiger partial charge in [0.05, 0.1) is 10.9 Å². The molecular formula is C19H17N8O2S+. The lowest BCUT2D eigenvalue weighted by molar-refractivity contribution is -0.394. The molecule has 5 aromatic rings. The number of primary amides is 1. The molecule has 11 heteroatoms. The number of carbonyl (C=O) groups is 1. The second kappa shape index (κ2) is 6.88. The maximum atomic E-state index is 13.1. The fourth-order valence-electron chi connectivity index (χ4n) is 3.48. The van der Waals surface area contributed by atoms with Gasteiger partial charge in [-0.15, -0.1) is 11.3 Å². The second-order valence-corrected chi connectivity index (χ2v) is 7.99. The van der Waals surface area contributed by atoms with Gasteiger partial charge in [-0.2, -0.15) is 10.2 Å². The number of nitrogens with one attached hydrogen (secondary N) is 2. The average molecular weight is 421 g/mol. The number of rotatable bonds is 5. The Morgan fingerprint density at radius 3 is 2.97 bits per heavy atom. The number of amides is 1. The van der Waals surface area contributed by atoms with Crippen LogP contribution < -0.4 is 16.3 Å². The lowest BCUT2D eigenvalue weighted by Gasteiger charge is -2.03. The van der Waals surface area contributed by atoms with Crippen molar-refractivity contribution in [2.75, 3.05) is 0 Å². The van der Waals surface area contributed by atoms with Crippen LogP contribution in [0.4, 0.5) is 0 Å². The highest BCUT2D eigenvalue weighted by molar-refractivity contribution is 7.19. The SMILES string of the molecule is Cn1c2nc(Cc3ccn[nH]3)sc2c2cnn(Cc3cccc(C(N)=O)[nH+]3)c(=O)c21. The Balaban J connectivity index is 1.55. The van der Waals surface area contributed by atoms with Crippen molar-refractivity contribution in [2.45, 2.75) is 13.0 Å². The minimum absolute atomic E-state index is 0.188. The Bertz CT molecular complexity index is 1460. The summed E-state index contributed by atoms with van der Waals surface area (Å²) in [6.45, 7) is 0.188.